The van der Waals surface area contributed by atoms with Gasteiger partial charge in [0.05, 0.1) is 30.1 Å². The first-order valence-corrected chi connectivity index (χ1v) is 18.1. The molecule has 4 N–H and O–H groups in total. The van der Waals surface area contributed by atoms with Crippen LogP contribution in [0.1, 0.15) is 95.8 Å². The molecule has 0 unspecified atom stereocenters. The molecule has 4 saturated carbocycles. The van der Waals surface area contributed by atoms with Gasteiger partial charge in [-0.05, 0) is 110 Å². The van der Waals surface area contributed by atoms with Crippen LogP contribution in [0.3, 0.4) is 0 Å². The number of rotatable bonds is 10. The Hall–Kier alpha value is -1.75. The third-order valence-electron chi connectivity index (χ3n) is 12.6. The quantitative estimate of drug-likeness (QED) is 0.275. The number of hydrogen-bond donors (Lipinski definition) is 4. The maximum Gasteiger partial charge on any atom is 0.266 e. The van der Waals surface area contributed by atoms with Crippen molar-refractivity contribution in [1.82, 2.24) is 10.3 Å². The average Bonchev–Trinajstić information content (AvgIpc) is 3.31. The van der Waals surface area contributed by atoms with Crippen LogP contribution in [0.15, 0.2) is 18.3 Å². The number of nitrogens with one attached hydrogen (secondary N) is 1. The lowest BCUT2D eigenvalue weighted by Crippen LogP contribution is -2.62. The monoisotopic (exact) mass is 620 g/mol. The highest BCUT2D eigenvalue weighted by Gasteiger charge is 2.64. The highest BCUT2D eigenvalue weighted by molar-refractivity contribution is 7.85. The molecule has 0 spiro atoms. The van der Waals surface area contributed by atoms with Crippen LogP contribution in [-0.2, 0) is 10.1 Å². The topological polar surface area (TPSA) is 146 Å². The van der Waals surface area contributed by atoms with Crippen molar-refractivity contribution in [2.24, 2.45) is 52.3 Å². The van der Waals surface area contributed by atoms with Gasteiger partial charge in [0.25, 0.3) is 16.0 Å². The van der Waals surface area contributed by atoms with E-state index in [1.165, 1.54) is 31.9 Å². The van der Waals surface area contributed by atoms with Crippen molar-refractivity contribution in [3.63, 3.8) is 0 Å². The fourth-order valence-electron chi connectivity index (χ4n) is 10.5. The molecular weight excluding hydrogens is 568 g/mol. The van der Waals surface area contributed by atoms with E-state index >= 15 is 0 Å². The Labute approximate surface area is 257 Å². The van der Waals surface area contributed by atoms with Crippen LogP contribution in [-0.4, -0.2) is 65.2 Å². The standard InChI is InChI=1S/C33H52N2O7S/c1-5-23-27-18-22(36)10-13-33(27,4)26-11-14-32(3)24(7-8-25(32)29(26)30(23)37)20(2)12-16-42-28-9-6-21(19-35-28)31(38)34-15-17-43(39,40)41/h6,9,19-20,22-27,29-30,36-37H,5,7-8,10-18H2,1-4H3,(H,34,38)(H,39,40,41)/t20-,22-,23-,24-,25+,26+,27+,29+,30-,32-,33-/m1/s1. The van der Waals surface area contributed by atoms with Gasteiger partial charge in [-0.1, -0.05) is 34.1 Å². The van der Waals surface area contributed by atoms with Crippen molar-refractivity contribution in [2.45, 2.75) is 97.7 Å². The Kier molecular flexibility index (Phi) is 9.54. The van der Waals surface area contributed by atoms with Crippen molar-refractivity contribution in [3.8, 4) is 5.88 Å². The van der Waals surface area contributed by atoms with Gasteiger partial charge in [0.1, 0.15) is 0 Å². The Morgan fingerprint density at radius 3 is 2.49 bits per heavy atom. The van der Waals surface area contributed by atoms with E-state index in [1.54, 1.807) is 12.1 Å². The number of hydrogen-bond acceptors (Lipinski definition) is 7. The van der Waals surface area contributed by atoms with Crippen molar-refractivity contribution in [3.05, 3.63) is 23.9 Å². The van der Waals surface area contributed by atoms with Gasteiger partial charge in [0, 0.05) is 18.8 Å². The molecule has 11 atom stereocenters. The molecule has 4 aliphatic rings. The molecule has 4 fully saturated rings. The van der Waals surface area contributed by atoms with E-state index in [-0.39, 0.29) is 41.1 Å². The molecule has 0 aromatic carbocycles. The summed E-state index contributed by atoms with van der Waals surface area (Å²) in [5.41, 5.74) is 0.711. The average molecular weight is 621 g/mol. The van der Waals surface area contributed by atoms with Gasteiger partial charge in [-0.2, -0.15) is 8.42 Å². The molecule has 0 saturated heterocycles. The molecule has 9 nitrogen and oxygen atoms in total. The zero-order valence-corrected chi connectivity index (χ0v) is 27.1. The summed E-state index contributed by atoms with van der Waals surface area (Å²) in [6.07, 6.45) is 10.4. The number of fused-ring (bicyclic) bond motifs is 5. The Morgan fingerprint density at radius 1 is 1.09 bits per heavy atom. The van der Waals surface area contributed by atoms with Crippen LogP contribution in [0.25, 0.3) is 0 Å². The number of aromatic nitrogens is 1. The molecule has 10 heteroatoms. The van der Waals surface area contributed by atoms with Crippen LogP contribution < -0.4 is 10.1 Å². The molecule has 1 amide bonds. The maximum absolute atomic E-state index is 12.2. The van der Waals surface area contributed by atoms with Crippen molar-refractivity contribution in [2.75, 3.05) is 18.9 Å². The highest BCUT2D eigenvalue weighted by atomic mass is 32.2. The summed E-state index contributed by atoms with van der Waals surface area (Å²) >= 11 is 0. The number of aliphatic hydroxyl groups is 2. The second-order valence-electron chi connectivity index (χ2n) is 14.7. The first kappa shape index (κ1) is 32.6. The van der Waals surface area contributed by atoms with Crippen LogP contribution in [0.2, 0.25) is 0 Å². The first-order valence-electron chi connectivity index (χ1n) is 16.5. The van der Waals surface area contributed by atoms with E-state index in [0.717, 1.165) is 32.1 Å². The van der Waals surface area contributed by atoms with E-state index in [1.807, 2.05) is 0 Å². The van der Waals surface area contributed by atoms with Gasteiger partial charge < -0.3 is 20.3 Å². The lowest BCUT2D eigenvalue weighted by atomic mass is 9.41. The molecule has 0 bridgehead atoms. The van der Waals surface area contributed by atoms with Crippen molar-refractivity contribution >= 4 is 16.0 Å². The maximum atomic E-state index is 12.2. The SMILES string of the molecule is CC[C@H]1[C@@H](O)[C@@H]2[C@H](CC[C@]3(C)[C@@H]([C@H](C)CCOc4ccc(C(=O)NCCS(=O)(=O)O)cn4)CC[C@@H]23)[C@@]2(C)CC[C@@H](O)C[C@@H]12. The molecule has 242 valence electrons. The van der Waals surface area contributed by atoms with Crippen LogP contribution in [0.5, 0.6) is 5.88 Å². The van der Waals surface area contributed by atoms with E-state index < -0.39 is 21.8 Å². The summed E-state index contributed by atoms with van der Waals surface area (Å²) in [7, 11) is -4.13. The zero-order chi connectivity index (χ0) is 31.2. The first-order chi connectivity index (χ1) is 20.3. The fraction of sp³-hybridized carbons (Fsp3) is 0.818. The minimum absolute atomic E-state index is 0.182. The summed E-state index contributed by atoms with van der Waals surface area (Å²) in [6, 6.07) is 3.23. The molecule has 1 aromatic rings. The molecule has 4 aliphatic carbocycles. The molecule has 0 radical (unpaired) electrons. The minimum Gasteiger partial charge on any atom is -0.478 e. The number of nitrogens with zero attached hydrogens (tertiary/aromatic N) is 1. The van der Waals surface area contributed by atoms with Crippen molar-refractivity contribution in [1.29, 1.82) is 0 Å². The second kappa shape index (κ2) is 12.6. The van der Waals surface area contributed by atoms with Crippen LogP contribution in [0, 0.1) is 52.3 Å². The van der Waals surface area contributed by atoms with Gasteiger partial charge >= 0.3 is 0 Å². The fourth-order valence-corrected chi connectivity index (χ4v) is 10.8. The molecule has 1 heterocycles. The number of amides is 1. The Balaban J connectivity index is 1.18. The highest BCUT2D eigenvalue weighted by Crippen LogP contribution is 2.69. The van der Waals surface area contributed by atoms with Gasteiger partial charge in [-0.3, -0.25) is 9.35 Å². The summed E-state index contributed by atoms with van der Waals surface area (Å²) < 4.78 is 36.4. The van der Waals surface area contributed by atoms with Gasteiger partial charge in [0.15, 0.2) is 0 Å². The summed E-state index contributed by atoms with van der Waals surface area (Å²) in [5, 5.41) is 24.9. The third kappa shape index (κ3) is 6.36. The molecule has 1 aromatic heterocycles. The molecule has 43 heavy (non-hydrogen) atoms. The summed E-state index contributed by atoms with van der Waals surface area (Å²) in [6.45, 7) is 9.90. The molecule has 0 aliphatic heterocycles. The summed E-state index contributed by atoms with van der Waals surface area (Å²) in [5.74, 6) is 2.59. The smallest absolute Gasteiger partial charge is 0.266 e. The third-order valence-corrected chi connectivity index (χ3v) is 13.3. The lowest BCUT2D eigenvalue weighted by Gasteiger charge is -2.64. The van der Waals surface area contributed by atoms with Crippen LogP contribution in [0.4, 0.5) is 0 Å². The number of pyridine rings is 1. The number of carbonyl (C=O) groups is 1. The van der Waals surface area contributed by atoms with Gasteiger partial charge in [-0.15, -0.1) is 0 Å². The van der Waals surface area contributed by atoms with E-state index in [9.17, 15) is 23.4 Å². The Bertz CT molecular complexity index is 1240. The van der Waals surface area contributed by atoms with Gasteiger partial charge in [-0.25, -0.2) is 4.98 Å². The number of ether oxygens (including phenoxy) is 1. The van der Waals surface area contributed by atoms with E-state index in [0.29, 0.717) is 48.0 Å². The second-order valence-corrected chi connectivity index (χ2v) is 16.2. The van der Waals surface area contributed by atoms with E-state index in [2.05, 4.69) is 38.0 Å². The minimum atomic E-state index is -4.13. The molecule has 5 rings (SSSR count). The predicted octanol–water partition coefficient (Wildman–Crippen LogP) is 4.73. The Morgan fingerprint density at radius 2 is 1.81 bits per heavy atom. The normalized spacial score (nSPS) is 39.7. The number of aliphatic hydroxyl groups excluding tert-OH is 2. The lowest BCUT2D eigenvalue weighted by molar-refractivity contribution is -0.203. The van der Waals surface area contributed by atoms with Crippen LogP contribution >= 0.6 is 0 Å². The van der Waals surface area contributed by atoms with Gasteiger partial charge in [0.2, 0.25) is 5.88 Å². The van der Waals surface area contributed by atoms with E-state index in [4.69, 9.17) is 9.29 Å². The summed E-state index contributed by atoms with van der Waals surface area (Å²) in [4.78, 5) is 16.4. The zero-order valence-electron chi connectivity index (χ0n) is 26.2. The number of carbonyl (C=O) groups excluding carboxylic acids is 1. The molecular formula is C33H52N2O7S. The predicted molar refractivity (Wildman–Crippen MR) is 164 cm³/mol. The van der Waals surface area contributed by atoms with Crippen molar-refractivity contribution < 1.29 is 32.7 Å². The largest absolute Gasteiger partial charge is 0.478 e.